The molecule has 0 fully saturated rings. The molecule has 0 aliphatic heterocycles. The summed E-state index contributed by atoms with van der Waals surface area (Å²) in [5.74, 6) is 6.99. The van der Waals surface area contributed by atoms with Crippen LogP contribution in [0.15, 0.2) is 29.4 Å². The minimum atomic E-state index is -0.00909. The average Bonchev–Trinajstić information content (AvgIpc) is 2.97. The van der Waals surface area contributed by atoms with Gasteiger partial charge in [0.15, 0.2) is 5.82 Å². The van der Waals surface area contributed by atoms with Gasteiger partial charge in [-0.1, -0.05) is 76.6 Å². The van der Waals surface area contributed by atoms with Gasteiger partial charge in [0.1, 0.15) is 0 Å². The molecule has 2 rings (SSSR count). The van der Waals surface area contributed by atoms with Gasteiger partial charge in [-0.05, 0) is 17.4 Å². The zero-order chi connectivity index (χ0) is 19.2. The van der Waals surface area contributed by atoms with Crippen molar-refractivity contribution in [2.75, 3.05) is 18.1 Å². The SMILES string of the molecule is CCCCCNC(=O)CSc1nnc(-c2ccc(C(C)(C)C)cc2)n1N. The molecule has 0 saturated heterocycles. The number of rotatable bonds is 8. The Balaban J connectivity index is 1.96. The van der Waals surface area contributed by atoms with E-state index in [-0.39, 0.29) is 17.1 Å². The smallest absolute Gasteiger partial charge is 0.230 e. The molecule has 0 spiro atoms. The van der Waals surface area contributed by atoms with Gasteiger partial charge in [0.05, 0.1) is 5.75 Å². The van der Waals surface area contributed by atoms with Gasteiger partial charge in [0.2, 0.25) is 11.1 Å². The third kappa shape index (κ3) is 5.49. The summed E-state index contributed by atoms with van der Waals surface area (Å²) in [7, 11) is 0. The molecule has 2 aromatic rings. The average molecular weight is 376 g/mol. The lowest BCUT2D eigenvalue weighted by atomic mass is 9.87. The van der Waals surface area contributed by atoms with Crippen LogP contribution in [-0.4, -0.2) is 33.1 Å². The van der Waals surface area contributed by atoms with E-state index in [2.05, 4.69) is 55.3 Å². The van der Waals surface area contributed by atoms with E-state index >= 15 is 0 Å². The fraction of sp³-hybridized carbons (Fsp3) is 0.526. The summed E-state index contributed by atoms with van der Waals surface area (Å²) in [5.41, 5.74) is 2.25. The normalized spacial score (nSPS) is 11.5. The first kappa shape index (κ1) is 20.3. The van der Waals surface area contributed by atoms with Gasteiger partial charge in [0, 0.05) is 12.1 Å². The summed E-state index contributed by atoms with van der Waals surface area (Å²) in [6.45, 7) is 9.38. The molecule has 142 valence electrons. The van der Waals surface area contributed by atoms with Gasteiger partial charge in [-0.25, -0.2) is 4.68 Å². The van der Waals surface area contributed by atoms with Crippen LogP contribution < -0.4 is 11.2 Å². The lowest BCUT2D eigenvalue weighted by Crippen LogP contribution is -2.26. The molecule has 1 amide bonds. The van der Waals surface area contributed by atoms with Crippen molar-refractivity contribution in [2.24, 2.45) is 0 Å². The molecule has 0 bridgehead atoms. The first-order valence-corrected chi connectivity index (χ1v) is 10.0. The van der Waals surface area contributed by atoms with E-state index in [0.29, 0.717) is 17.5 Å². The second kappa shape index (κ2) is 9.07. The molecule has 0 atom stereocenters. The van der Waals surface area contributed by atoms with Crippen molar-refractivity contribution >= 4 is 17.7 Å². The number of benzene rings is 1. The van der Waals surface area contributed by atoms with Crippen LogP contribution in [0.5, 0.6) is 0 Å². The van der Waals surface area contributed by atoms with Crippen molar-refractivity contribution in [3.05, 3.63) is 29.8 Å². The summed E-state index contributed by atoms with van der Waals surface area (Å²) in [5, 5.41) is 11.7. The van der Waals surface area contributed by atoms with E-state index in [9.17, 15) is 4.79 Å². The molecule has 0 saturated carbocycles. The molecule has 0 aliphatic rings. The molecule has 0 aliphatic carbocycles. The molecule has 1 heterocycles. The molecule has 7 heteroatoms. The van der Waals surface area contributed by atoms with Crippen molar-refractivity contribution in [1.29, 1.82) is 0 Å². The highest BCUT2D eigenvalue weighted by Crippen LogP contribution is 2.26. The van der Waals surface area contributed by atoms with Crippen LogP contribution in [0.2, 0.25) is 0 Å². The third-order valence-electron chi connectivity index (χ3n) is 4.11. The molecule has 0 unspecified atom stereocenters. The van der Waals surface area contributed by atoms with Gasteiger partial charge in [-0.15, -0.1) is 10.2 Å². The van der Waals surface area contributed by atoms with Gasteiger partial charge >= 0.3 is 0 Å². The topological polar surface area (TPSA) is 85.8 Å². The largest absolute Gasteiger partial charge is 0.355 e. The van der Waals surface area contributed by atoms with Crippen molar-refractivity contribution in [3.8, 4) is 11.4 Å². The first-order chi connectivity index (χ1) is 12.3. The molecule has 1 aromatic heterocycles. The van der Waals surface area contributed by atoms with Crippen molar-refractivity contribution in [3.63, 3.8) is 0 Å². The van der Waals surface area contributed by atoms with Gasteiger partial charge < -0.3 is 11.2 Å². The fourth-order valence-electron chi connectivity index (χ4n) is 2.48. The van der Waals surface area contributed by atoms with E-state index in [4.69, 9.17) is 5.84 Å². The molecule has 1 aromatic carbocycles. The van der Waals surface area contributed by atoms with E-state index in [1.54, 1.807) is 0 Å². The third-order valence-corrected chi connectivity index (χ3v) is 5.05. The Hall–Kier alpha value is -2.02. The molecule has 0 radical (unpaired) electrons. The Morgan fingerprint density at radius 2 is 1.88 bits per heavy atom. The maximum Gasteiger partial charge on any atom is 0.230 e. The number of aromatic nitrogens is 3. The summed E-state index contributed by atoms with van der Waals surface area (Å²) in [4.78, 5) is 11.9. The molecule has 3 N–H and O–H groups in total. The van der Waals surface area contributed by atoms with Gasteiger partial charge in [0.25, 0.3) is 0 Å². The molecule has 26 heavy (non-hydrogen) atoms. The Morgan fingerprint density at radius 3 is 2.50 bits per heavy atom. The fourth-order valence-corrected chi connectivity index (χ4v) is 3.16. The number of carbonyl (C=O) groups excluding carboxylic acids is 1. The Morgan fingerprint density at radius 1 is 1.19 bits per heavy atom. The second-order valence-corrected chi connectivity index (χ2v) is 8.29. The summed E-state index contributed by atoms with van der Waals surface area (Å²) in [6, 6.07) is 8.17. The summed E-state index contributed by atoms with van der Waals surface area (Å²) >= 11 is 1.29. The van der Waals surface area contributed by atoms with Crippen LogP contribution >= 0.6 is 11.8 Å². The van der Waals surface area contributed by atoms with Crippen LogP contribution in [0, 0.1) is 0 Å². The van der Waals surface area contributed by atoms with Gasteiger partial charge in [-0.2, -0.15) is 0 Å². The number of nitrogens with zero attached hydrogens (tertiary/aromatic N) is 3. The standard InChI is InChI=1S/C19H29N5OS/c1-5-6-7-12-21-16(25)13-26-18-23-22-17(24(18)20)14-8-10-15(11-9-14)19(2,3)4/h8-11H,5-7,12-13,20H2,1-4H3,(H,21,25). The highest BCUT2D eigenvalue weighted by atomic mass is 32.2. The number of nitrogens with two attached hydrogens (primary N) is 1. The monoisotopic (exact) mass is 375 g/mol. The lowest BCUT2D eigenvalue weighted by Gasteiger charge is -2.19. The molecular weight excluding hydrogens is 346 g/mol. The summed E-state index contributed by atoms with van der Waals surface area (Å²) < 4.78 is 1.45. The zero-order valence-corrected chi connectivity index (χ0v) is 16.9. The number of hydrogen-bond acceptors (Lipinski definition) is 5. The van der Waals surface area contributed by atoms with Crippen LogP contribution in [0.3, 0.4) is 0 Å². The number of nitrogen functional groups attached to an aromatic ring is 1. The van der Waals surface area contributed by atoms with E-state index in [1.807, 2.05) is 12.1 Å². The van der Waals surface area contributed by atoms with Crippen molar-refractivity contribution in [2.45, 2.75) is 57.5 Å². The number of carbonyl (C=O) groups is 1. The number of thioether (sulfide) groups is 1. The Bertz CT molecular complexity index is 719. The van der Waals surface area contributed by atoms with E-state index in [0.717, 1.165) is 24.8 Å². The molecular formula is C19H29N5OS. The van der Waals surface area contributed by atoms with Crippen LogP contribution in [0.1, 0.15) is 52.5 Å². The Labute approximate surface area is 159 Å². The number of nitrogens with one attached hydrogen (secondary N) is 1. The zero-order valence-electron chi connectivity index (χ0n) is 16.1. The quantitative estimate of drug-likeness (QED) is 0.420. The number of hydrogen-bond donors (Lipinski definition) is 2. The highest BCUT2D eigenvalue weighted by molar-refractivity contribution is 7.99. The first-order valence-electron chi connectivity index (χ1n) is 9.04. The highest BCUT2D eigenvalue weighted by Gasteiger charge is 2.16. The van der Waals surface area contributed by atoms with E-state index < -0.39 is 0 Å². The van der Waals surface area contributed by atoms with Crippen LogP contribution in [0.4, 0.5) is 0 Å². The molecule has 6 nitrogen and oxygen atoms in total. The summed E-state index contributed by atoms with van der Waals surface area (Å²) in [6.07, 6.45) is 3.27. The van der Waals surface area contributed by atoms with E-state index in [1.165, 1.54) is 22.0 Å². The van der Waals surface area contributed by atoms with Crippen molar-refractivity contribution in [1.82, 2.24) is 20.2 Å². The minimum absolute atomic E-state index is 0.00909. The van der Waals surface area contributed by atoms with Gasteiger partial charge in [-0.3, -0.25) is 4.79 Å². The maximum atomic E-state index is 11.9. The lowest BCUT2D eigenvalue weighted by molar-refractivity contribution is -0.118. The number of amides is 1. The predicted molar refractivity (Wildman–Crippen MR) is 108 cm³/mol. The second-order valence-electron chi connectivity index (χ2n) is 7.35. The van der Waals surface area contributed by atoms with Crippen LogP contribution in [-0.2, 0) is 10.2 Å². The van der Waals surface area contributed by atoms with Crippen molar-refractivity contribution < 1.29 is 4.79 Å². The number of unbranched alkanes of at least 4 members (excludes halogenated alkanes) is 2. The predicted octanol–water partition coefficient (Wildman–Crippen LogP) is 3.35. The minimum Gasteiger partial charge on any atom is -0.355 e. The Kier molecular flexibility index (Phi) is 7.08. The van der Waals surface area contributed by atoms with Crippen LogP contribution in [0.25, 0.3) is 11.4 Å². The maximum absolute atomic E-state index is 11.9.